The Kier molecular flexibility index (Phi) is 8.34. The van der Waals surface area contributed by atoms with E-state index in [2.05, 4.69) is 5.32 Å². The zero-order chi connectivity index (χ0) is 30.2. The van der Waals surface area contributed by atoms with Gasteiger partial charge in [0.15, 0.2) is 5.60 Å². The second kappa shape index (κ2) is 11.8. The van der Waals surface area contributed by atoms with Gasteiger partial charge in [0.1, 0.15) is 6.54 Å². The Morgan fingerprint density at radius 1 is 1.05 bits per heavy atom. The molecule has 5 amide bonds. The number of nitrogens with one attached hydrogen (secondary N) is 1. The summed E-state index contributed by atoms with van der Waals surface area (Å²) in [5.41, 5.74) is 0.954. The Labute approximate surface area is 245 Å². The van der Waals surface area contributed by atoms with Crippen LogP contribution in [0.25, 0.3) is 5.57 Å². The van der Waals surface area contributed by atoms with Crippen molar-refractivity contribution in [2.45, 2.75) is 51.2 Å². The minimum absolute atomic E-state index is 0.0654. The van der Waals surface area contributed by atoms with Gasteiger partial charge in [-0.2, -0.15) is 0 Å². The molecule has 11 heteroatoms. The number of hydrogen-bond acceptors (Lipinski definition) is 7. The van der Waals surface area contributed by atoms with Gasteiger partial charge in [0.25, 0.3) is 17.7 Å². The Hall–Kier alpha value is -3.83. The molecule has 0 spiro atoms. The van der Waals surface area contributed by atoms with Gasteiger partial charge in [-0.3, -0.25) is 38.7 Å². The molecule has 0 bridgehead atoms. The van der Waals surface area contributed by atoms with Gasteiger partial charge in [-0.15, -0.1) is 0 Å². The molecule has 3 heterocycles. The molecular formula is C31H39N5O6. The van der Waals surface area contributed by atoms with Crippen molar-refractivity contribution < 1.29 is 29.1 Å². The minimum Gasteiger partial charge on any atom is -0.375 e. The quantitative estimate of drug-likeness (QED) is 0.297. The first kappa shape index (κ1) is 29.7. The summed E-state index contributed by atoms with van der Waals surface area (Å²) >= 11 is 0. The highest BCUT2D eigenvalue weighted by atomic mass is 16.3. The van der Waals surface area contributed by atoms with E-state index >= 15 is 0 Å². The topological polar surface area (TPSA) is 131 Å². The van der Waals surface area contributed by atoms with E-state index in [-0.39, 0.29) is 48.6 Å². The molecular weight excluding hydrogens is 538 g/mol. The SMILES string of the molecule is CCN(CC)C(=O)C1C=C2c3cccc4c3C(O)(CC2N(C)C1)C(=O)N4CC(=O)NCCCCCN1C(=O)C=CC1=O. The number of imide groups is 1. The first-order valence-electron chi connectivity index (χ1n) is 14.8. The van der Waals surface area contributed by atoms with Crippen LogP contribution >= 0.6 is 0 Å². The predicted molar refractivity (Wildman–Crippen MR) is 156 cm³/mol. The number of rotatable bonds is 11. The van der Waals surface area contributed by atoms with Crippen molar-refractivity contribution in [2.24, 2.45) is 5.92 Å². The molecule has 11 nitrogen and oxygen atoms in total. The fourth-order valence-corrected chi connectivity index (χ4v) is 6.67. The second-order valence-electron chi connectivity index (χ2n) is 11.4. The summed E-state index contributed by atoms with van der Waals surface area (Å²) in [5.74, 6) is -1.71. The third-order valence-electron chi connectivity index (χ3n) is 8.88. The molecule has 3 unspecified atom stereocenters. The summed E-state index contributed by atoms with van der Waals surface area (Å²) in [5, 5.41) is 14.7. The fraction of sp³-hybridized carbons (Fsp3) is 0.516. The highest BCUT2D eigenvalue weighted by Crippen LogP contribution is 2.53. The van der Waals surface area contributed by atoms with Crippen LogP contribution in [0.4, 0.5) is 5.69 Å². The number of benzene rings is 1. The fourth-order valence-electron chi connectivity index (χ4n) is 6.67. The van der Waals surface area contributed by atoms with E-state index in [0.29, 0.717) is 63.2 Å². The van der Waals surface area contributed by atoms with Crippen molar-refractivity contribution in [1.82, 2.24) is 20.0 Å². The molecule has 3 aliphatic heterocycles. The molecule has 0 saturated heterocycles. The predicted octanol–water partition coefficient (Wildman–Crippen LogP) is 1.02. The van der Waals surface area contributed by atoms with Crippen LogP contribution in [0.15, 0.2) is 36.4 Å². The molecule has 2 N–H and O–H groups in total. The molecule has 1 aromatic carbocycles. The minimum atomic E-state index is -1.75. The lowest BCUT2D eigenvalue weighted by Crippen LogP contribution is -2.53. The van der Waals surface area contributed by atoms with E-state index in [4.69, 9.17) is 0 Å². The molecule has 0 fully saturated rings. The van der Waals surface area contributed by atoms with Crippen LogP contribution in [0.5, 0.6) is 0 Å². The van der Waals surface area contributed by atoms with E-state index in [1.165, 1.54) is 22.0 Å². The maximum absolute atomic E-state index is 13.7. The Balaban J connectivity index is 1.25. The third-order valence-corrected chi connectivity index (χ3v) is 8.88. The standard InChI is InChI=1S/C31H39N5O6/c1-4-34(5-2)29(40)20-16-22-21-10-9-11-23-28(21)31(42,17-24(22)33(3)18-20)30(41)36(23)19-25(37)32-14-7-6-8-15-35-26(38)12-13-27(35)39/h9-13,16,20,24,42H,4-8,14-15,17-19H2,1-3H3,(H,32,37). The van der Waals surface area contributed by atoms with Crippen LogP contribution in [0.1, 0.15) is 50.7 Å². The maximum atomic E-state index is 13.7. The number of likely N-dealkylation sites (N-methyl/N-ethyl adjacent to an activating group) is 1. The lowest BCUT2D eigenvalue weighted by atomic mass is 9.72. The summed E-state index contributed by atoms with van der Waals surface area (Å²) in [6.45, 7) is 6.20. The summed E-state index contributed by atoms with van der Waals surface area (Å²) in [4.78, 5) is 69.5. The molecule has 4 aliphatic rings. The van der Waals surface area contributed by atoms with E-state index in [1.54, 1.807) is 6.07 Å². The number of anilines is 1. The number of carbonyl (C=O) groups is 5. The van der Waals surface area contributed by atoms with Gasteiger partial charge in [-0.25, -0.2) is 0 Å². The smallest absolute Gasteiger partial charge is 0.264 e. The molecule has 5 rings (SSSR count). The first-order chi connectivity index (χ1) is 20.1. The van der Waals surface area contributed by atoms with Crippen LogP contribution in [0, 0.1) is 5.92 Å². The van der Waals surface area contributed by atoms with E-state index in [1.807, 2.05) is 48.9 Å². The van der Waals surface area contributed by atoms with Gasteiger partial charge in [0.05, 0.1) is 11.6 Å². The Bertz CT molecular complexity index is 1350. The van der Waals surface area contributed by atoms with E-state index < -0.39 is 11.5 Å². The largest absolute Gasteiger partial charge is 0.375 e. The molecule has 0 saturated carbocycles. The van der Waals surface area contributed by atoms with Crippen LogP contribution < -0.4 is 10.2 Å². The summed E-state index contributed by atoms with van der Waals surface area (Å²) in [6.07, 6.45) is 6.69. The molecule has 3 atom stereocenters. The number of aliphatic hydroxyl groups is 1. The highest BCUT2D eigenvalue weighted by molar-refractivity contribution is 6.13. The second-order valence-corrected chi connectivity index (χ2v) is 11.4. The molecule has 1 aromatic rings. The molecule has 0 aromatic heterocycles. The monoisotopic (exact) mass is 577 g/mol. The first-order valence-corrected chi connectivity index (χ1v) is 14.8. The van der Waals surface area contributed by atoms with Crippen LogP contribution in [-0.4, -0.2) is 102 Å². The van der Waals surface area contributed by atoms with Crippen molar-refractivity contribution in [2.75, 3.05) is 51.2 Å². The van der Waals surface area contributed by atoms with Gasteiger partial charge in [-0.1, -0.05) is 18.2 Å². The van der Waals surface area contributed by atoms with E-state index in [9.17, 15) is 29.1 Å². The summed E-state index contributed by atoms with van der Waals surface area (Å²) in [7, 11) is 1.92. The van der Waals surface area contributed by atoms with Crippen molar-refractivity contribution in [1.29, 1.82) is 0 Å². The zero-order valence-corrected chi connectivity index (χ0v) is 24.5. The summed E-state index contributed by atoms with van der Waals surface area (Å²) < 4.78 is 0. The van der Waals surface area contributed by atoms with Gasteiger partial charge in [-0.05, 0) is 57.4 Å². The average Bonchev–Trinajstić information content (AvgIpc) is 3.40. The van der Waals surface area contributed by atoms with Gasteiger partial charge >= 0.3 is 0 Å². The molecule has 0 radical (unpaired) electrons. The van der Waals surface area contributed by atoms with Crippen molar-refractivity contribution in [3.05, 3.63) is 47.6 Å². The van der Waals surface area contributed by atoms with Crippen LogP contribution in [-0.2, 0) is 29.6 Å². The lowest BCUT2D eigenvalue weighted by molar-refractivity contribution is -0.140. The normalized spacial score (nSPS) is 24.6. The molecule has 1 aliphatic carbocycles. The van der Waals surface area contributed by atoms with Crippen molar-refractivity contribution in [3.8, 4) is 0 Å². The number of fused-ring (bicyclic) bond motifs is 2. The third kappa shape index (κ3) is 5.15. The van der Waals surface area contributed by atoms with Crippen LogP contribution in [0.2, 0.25) is 0 Å². The zero-order valence-electron chi connectivity index (χ0n) is 24.5. The maximum Gasteiger partial charge on any atom is 0.264 e. The Morgan fingerprint density at radius 3 is 2.45 bits per heavy atom. The highest BCUT2D eigenvalue weighted by Gasteiger charge is 2.57. The Morgan fingerprint density at radius 2 is 1.76 bits per heavy atom. The van der Waals surface area contributed by atoms with Gasteiger partial charge in [0, 0.05) is 62.9 Å². The summed E-state index contributed by atoms with van der Waals surface area (Å²) in [6, 6.07) is 5.22. The average molecular weight is 578 g/mol. The lowest BCUT2D eigenvalue weighted by Gasteiger charge is -2.44. The molecule has 224 valence electrons. The number of unbranched alkanes of at least 4 members (excludes halogenated alkanes) is 2. The van der Waals surface area contributed by atoms with Crippen molar-refractivity contribution in [3.63, 3.8) is 0 Å². The number of amides is 5. The number of hydrogen-bond donors (Lipinski definition) is 2. The number of nitrogens with zero attached hydrogens (tertiary/aromatic N) is 4. The number of carbonyl (C=O) groups excluding carboxylic acids is 5. The van der Waals surface area contributed by atoms with Gasteiger partial charge in [0.2, 0.25) is 11.8 Å². The van der Waals surface area contributed by atoms with Crippen molar-refractivity contribution >= 4 is 40.8 Å². The van der Waals surface area contributed by atoms with E-state index in [0.717, 1.165) is 11.1 Å². The molecule has 42 heavy (non-hydrogen) atoms. The van der Waals surface area contributed by atoms with Gasteiger partial charge < -0.3 is 15.3 Å². The van der Waals surface area contributed by atoms with Crippen LogP contribution in [0.3, 0.4) is 0 Å².